The Balaban J connectivity index is 1.62. The van der Waals surface area contributed by atoms with Gasteiger partial charge in [0, 0.05) is 42.3 Å². The number of pyridine rings is 1. The first-order chi connectivity index (χ1) is 16.6. The van der Waals surface area contributed by atoms with E-state index in [4.69, 9.17) is 20.9 Å². The summed E-state index contributed by atoms with van der Waals surface area (Å²) in [6.07, 6.45) is 8.31. The van der Waals surface area contributed by atoms with Gasteiger partial charge in [0.2, 0.25) is 0 Å². The van der Waals surface area contributed by atoms with Crippen molar-refractivity contribution in [3.8, 4) is 35.4 Å². The van der Waals surface area contributed by atoms with Gasteiger partial charge in [-0.3, -0.25) is 0 Å². The number of phenolic OH excluding ortho intramolecular Hbond substituents is 1. The number of methoxy groups -OCH3 is 1. The van der Waals surface area contributed by atoms with E-state index in [1.807, 2.05) is 0 Å². The number of hydrogen-bond donors (Lipinski definition) is 1. The number of terminal acetylenes is 1. The lowest BCUT2D eigenvalue weighted by Crippen LogP contribution is -2.60. The summed E-state index contributed by atoms with van der Waals surface area (Å²) in [6.45, 7) is 2.26. The van der Waals surface area contributed by atoms with Gasteiger partial charge in [-0.1, -0.05) is 12.0 Å². The molecule has 0 spiro atoms. The number of nitrogens with zero attached hydrogens (tertiary/aromatic N) is 4. The van der Waals surface area contributed by atoms with Crippen molar-refractivity contribution in [1.29, 1.82) is 0 Å². The first-order valence-corrected chi connectivity index (χ1v) is 11.1. The van der Waals surface area contributed by atoms with E-state index >= 15 is 0 Å². The zero-order valence-electron chi connectivity index (χ0n) is 18.5. The van der Waals surface area contributed by atoms with Gasteiger partial charge in [-0.05, 0) is 36.1 Å². The van der Waals surface area contributed by atoms with Gasteiger partial charge in [-0.15, -0.1) is 6.42 Å². The smallest absolute Gasteiger partial charge is 0.316 e. The number of hydrogen-bond acceptors (Lipinski definition) is 7. The minimum absolute atomic E-state index is 0.0363. The third-order valence-corrected chi connectivity index (χ3v) is 6.73. The highest BCUT2D eigenvalue weighted by molar-refractivity contribution is 6.03. The van der Waals surface area contributed by atoms with Crippen LogP contribution in [0.2, 0.25) is 0 Å². The van der Waals surface area contributed by atoms with Crippen LogP contribution in [0.1, 0.15) is 12.0 Å². The molecular weight excluding hydrogens is 435 g/mol. The van der Waals surface area contributed by atoms with E-state index in [1.54, 1.807) is 30.5 Å². The number of aromatic hydroxyl groups is 1. The van der Waals surface area contributed by atoms with Crippen molar-refractivity contribution in [2.75, 3.05) is 31.8 Å². The van der Waals surface area contributed by atoms with Crippen LogP contribution in [0.15, 0.2) is 36.5 Å². The number of fused-ring (bicyclic) bond motifs is 3. The van der Waals surface area contributed by atoms with Gasteiger partial charge in [0.25, 0.3) is 0 Å². The first kappa shape index (κ1) is 20.6. The number of aromatic nitrogens is 3. The van der Waals surface area contributed by atoms with E-state index in [9.17, 15) is 9.50 Å². The zero-order valence-corrected chi connectivity index (χ0v) is 18.5. The van der Waals surface area contributed by atoms with Crippen molar-refractivity contribution in [1.82, 2.24) is 15.0 Å². The summed E-state index contributed by atoms with van der Waals surface area (Å²) in [5.74, 6) is 3.20. The molecule has 34 heavy (non-hydrogen) atoms. The Labute approximate surface area is 195 Å². The van der Waals surface area contributed by atoms with Gasteiger partial charge < -0.3 is 19.5 Å². The molecule has 8 heteroatoms. The molecule has 0 amide bonds. The van der Waals surface area contributed by atoms with E-state index in [0.29, 0.717) is 46.1 Å². The third-order valence-electron chi connectivity index (χ3n) is 6.73. The average Bonchev–Trinajstić information content (AvgIpc) is 2.83. The van der Waals surface area contributed by atoms with Gasteiger partial charge >= 0.3 is 6.01 Å². The van der Waals surface area contributed by atoms with Gasteiger partial charge in [0.05, 0.1) is 35.9 Å². The highest BCUT2D eigenvalue weighted by Crippen LogP contribution is 2.41. The first-order valence-electron chi connectivity index (χ1n) is 11.1. The fraction of sp³-hybridized carbons (Fsp3) is 0.269. The molecule has 4 heterocycles. The number of ether oxygens (including phenoxy) is 2. The van der Waals surface area contributed by atoms with Crippen molar-refractivity contribution in [2.45, 2.75) is 12.5 Å². The molecule has 2 atom stereocenters. The van der Waals surface area contributed by atoms with Crippen LogP contribution in [-0.4, -0.2) is 53.0 Å². The molecule has 2 aromatic heterocycles. The monoisotopic (exact) mass is 456 g/mol. The summed E-state index contributed by atoms with van der Waals surface area (Å²) >= 11 is 0. The van der Waals surface area contributed by atoms with Crippen molar-refractivity contribution in [2.24, 2.45) is 5.92 Å². The van der Waals surface area contributed by atoms with Crippen LogP contribution in [0.5, 0.6) is 11.8 Å². The second kappa shape index (κ2) is 7.82. The Bertz CT molecular complexity index is 1500. The predicted molar refractivity (Wildman–Crippen MR) is 126 cm³/mol. The van der Waals surface area contributed by atoms with E-state index in [2.05, 4.69) is 20.8 Å². The molecule has 0 aliphatic carbocycles. The van der Waals surface area contributed by atoms with Crippen LogP contribution in [0, 0.1) is 24.1 Å². The molecule has 0 saturated carbocycles. The van der Waals surface area contributed by atoms with E-state index in [-0.39, 0.29) is 17.3 Å². The summed E-state index contributed by atoms with van der Waals surface area (Å²) < 4.78 is 25.5. The highest BCUT2D eigenvalue weighted by atomic mass is 19.1. The second-order valence-electron chi connectivity index (χ2n) is 8.62. The van der Waals surface area contributed by atoms with Crippen LogP contribution >= 0.6 is 0 Å². The largest absolute Gasteiger partial charge is 0.508 e. The van der Waals surface area contributed by atoms with Crippen LogP contribution in [0.4, 0.5) is 10.2 Å². The molecule has 2 fully saturated rings. The lowest BCUT2D eigenvalue weighted by molar-refractivity contribution is 0.0134. The zero-order chi connectivity index (χ0) is 23.4. The van der Waals surface area contributed by atoms with E-state index in [1.165, 1.54) is 13.2 Å². The van der Waals surface area contributed by atoms with Gasteiger partial charge in [0.15, 0.2) is 0 Å². The van der Waals surface area contributed by atoms with Gasteiger partial charge in [-0.25, -0.2) is 14.4 Å². The van der Waals surface area contributed by atoms with Gasteiger partial charge in [0.1, 0.15) is 17.4 Å². The molecule has 4 aromatic rings. The summed E-state index contributed by atoms with van der Waals surface area (Å²) in [6, 6.07) is 8.39. The fourth-order valence-electron chi connectivity index (χ4n) is 5.08. The molecule has 2 saturated heterocycles. The van der Waals surface area contributed by atoms with Crippen molar-refractivity contribution in [3.05, 3.63) is 47.9 Å². The fourth-order valence-corrected chi connectivity index (χ4v) is 5.08. The number of anilines is 1. The van der Waals surface area contributed by atoms with E-state index in [0.717, 1.165) is 30.8 Å². The molecule has 0 radical (unpaired) electrons. The predicted octanol–water partition coefficient (Wildman–Crippen LogP) is 3.90. The van der Waals surface area contributed by atoms with Gasteiger partial charge in [-0.2, -0.15) is 4.98 Å². The Hall–Kier alpha value is -3.96. The normalized spacial score (nSPS) is 19.5. The quantitative estimate of drug-likeness (QED) is 0.468. The van der Waals surface area contributed by atoms with Crippen LogP contribution in [0.25, 0.3) is 32.9 Å². The molecule has 6 rings (SSSR count). The molecule has 7 nitrogen and oxygen atoms in total. The Morgan fingerprint density at radius 1 is 1.26 bits per heavy atom. The number of rotatable bonds is 3. The Morgan fingerprint density at radius 3 is 2.94 bits per heavy atom. The maximum Gasteiger partial charge on any atom is 0.316 e. The van der Waals surface area contributed by atoms with Crippen molar-refractivity contribution >= 4 is 27.5 Å². The maximum absolute atomic E-state index is 14.6. The summed E-state index contributed by atoms with van der Waals surface area (Å²) in [7, 11) is 1.51. The summed E-state index contributed by atoms with van der Waals surface area (Å²) in [4.78, 5) is 16.1. The van der Waals surface area contributed by atoms with Crippen LogP contribution in [0.3, 0.4) is 0 Å². The number of phenols is 1. The Kier molecular flexibility index (Phi) is 4.74. The lowest BCUT2D eigenvalue weighted by atomic mass is 9.85. The molecule has 170 valence electrons. The molecule has 0 bridgehead atoms. The minimum Gasteiger partial charge on any atom is -0.508 e. The molecule has 1 N–H and O–H groups in total. The third kappa shape index (κ3) is 3.12. The second-order valence-corrected chi connectivity index (χ2v) is 8.62. The highest BCUT2D eigenvalue weighted by Gasteiger charge is 2.42. The molecule has 2 aliphatic heterocycles. The van der Waals surface area contributed by atoms with Crippen LogP contribution < -0.4 is 9.64 Å². The minimum atomic E-state index is -0.500. The maximum atomic E-state index is 14.6. The summed E-state index contributed by atoms with van der Waals surface area (Å²) in [5.41, 5.74) is 1.83. The van der Waals surface area contributed by atoms with Crippen molar-refractivity contribution in [3.63, 3.8) is 0 Å². The average molecular weight is 456 g/mol. The molecular formula is C26H21FN4O3. The lowest BCUT2D eigenvalue weighted by Gasteiger charge is -2.51. The molecule has 2 aliphatic rings. The van der Waals surface area contributed by atoms with E-state index < -0.39 is 5.82 Å². The topological polar surface area (TPSA) is 80.6 Å². The van der Waals surface area contributed by atoms with Crippen LogP contribution in [-0.2, 0) is 4.74 Å². The summed E-state index contributed by atoms with van der Waals surface area (Å²) in [5, 5.41) is 12.4. The standard InChI is InChI=1S/C26H21FN4O3/c1-3-17-20(27)5-4-14-8-16(32)9-18(24(14)17)21-10-22-19(11-28-26(30-22)33-2)25(29-21)31-12-15-13-34-7-6-23(15)31/h1,4-5,8-11,15,23,32H,6-7,12-13H2,2H3. The molecule has 2 aromatic carbocycles. The number of halogens is 1. The number of benzene rings is 2. The Morgan fingerprint density at radius 2 is 2.15 bits per heavy atom. The van der Waals surface area contributed by atoms with Crippen molar-refractivity contribution < 1.29 is 19.0 Å². The SMILES string of the molecule is C#Cc1c(F)ccc2cc(O)cc(-c3cc4nc(OC)ncc4c(N4CC5COCCC54)n3)c12. The molecule has 2 unspecified atom stereocenters.